The highest BCUT2D eigenvalue weighted by molar-refractivity contribution is 6.30. The SMILES string of the molecule is CNC[C@H](CC1CCCCC1)NC(=O)c1cc(OC)cc([C@@H](OCCNC(=O)OC)c2cccc(Cl)c2)c1. The van der Waals surface area contributed by atoms with Gasteiger partial charge in [0.05, 0.1) is 20.8 Å². The molecule has 2 atom stereocenters. The number of alkyl carbamates (subject to hydrolysis) is 1. The molecule has 0 aliphatic heterocycles. The van der Waals surface area contributed by atoms with Crippen LogP contribution >= 0.6 is 11.6 Å². The molecule has 3 N–H and O–H groups in total. The third kappa shape index (κ3) is 9.19. The molecule has 1 saturated carbocycles. The monoisotopic (exact) mass is 545 g/mol. The number of carbonyl (C=O) groups is 2. The molecule has 2 aromatic carbocycles. The lowest BCUT2D eigenvalue weighted by Gasteiger charge is -2.27. The van der Waals surface area contributed by atoms with Gasteiger partial charge in [-0.25, -0.2) is 4.79 Å². The molecule has 0 radical (unpaired) electrons. The molecule has 0 aromatic heterocycles. The van der Waals surface area contributed by atoms with Crippen molar-refractivity contribution in [3.63, 3.8) is 0 Å². The molecule has 2 aromatic rings. The molecule has 2 amide bonds. The Balaban J connectivity index is 1.83. The Bertz CT molecular complexity index is 1040. The molecule has 8 nitrogen and oxygen atoms in total. The second-order valence-electron chi connectivity index (χ2n) is 9.69. The van der Waals surface area contributed by atoms with Crippen LogP contribution in [0.5, 0.6) is 5.75 Å². The van der Waals surface area contributed by atoms with Gasteiger partial charge in [0.1, 0.15) is 11.9 Å². The largest absolute Gasteiger partial charge is 0.497 e. The average molecular weight is 546 g/mol. The quantitative estimate of drug-likeness (QED) is 0.303. The van der Waals surface area contributed by atoms with Gasteiger partial charge in [-0.1, -0.05) is 55.8 Å². The van der Waals surface area contributed by atoms with Crippen LogP contribution in [0.25, 0.3) is 0 Å². The van der Waals surface area contributed by atoms with E-state index in [1.807, 2.05) is 37.4 Å². The van der Waals surface area contributed by atoms with Crippen molar-refractivity contribution in [1.29, 1.82) is 0 Å². The number of hydrogen-bond donors (Lipinski definition) is 3. The number of benzene rings is 2. The summed E-state index contributed by atoms with van der Waals surface area (Å²) in [6.45, 7) is 1.19. The Morgan fingerprint density at radius 1 is 1.05 bits per heavy atom. The predicted octanol–water partition coefficient (Wildman–Crippen LogP) is 5.10. The van der Waals surface area contributed by atoms with E-state index < -0.39 is 12.2 Å². The van der Waals surface area contributed by atoms with E-state index in [1.54, 1.807) is 19.2 Å². The highest BCUT2D eigenvalue weighted by atomic mass is 35.5. The van der Waals surface area contributed by atoms with Crippen molar-refractivity contribution in [2.24, 2.45) is 5.92 Å². The van der Waals surface area contributed by atoms with Gasteiger partial charge >= 0.3 is 6.09 Å². The minimum atomic E-state index is -0.537. The van der Waals surface area contributed by atoms with Crippen LogP contribution in [-0.2, 0) is 9.47 Å². The summed E-state index contributed by atoms with van der Waals surface area (Å²) < 4.78 is 16.4. The number of halogens is 1. The smallest absolute Gasteiger partial charge is 0.406 e. The topological polar surface area (TPSA) is 97.9 Å². The maximum atomic E-state index is 13.5. The van der Waals surface area contributed by atoms with Gasteiger partial charge < -0.3 is 30.2 Å². The van der Waals surface area contributed by atoms with Crippen LogP contribution in [0.3, 0.4) is 0 Å². The summed E-state index contributed by atoms with van der Waals surface area (Å²) in [5.74, 6) is 1.04. The van der Waals surface area contributed by atoms with E-state index in [1.165, 1.54) is 39.2 Å². The van der Waals surface area contributed by atoms with E-state index in [9.17, 15) is 9.59 Å². The van der Waals surface area contributed by atoms with Gasteiger partial charge in [-0.2, -0.15) is 0 Å². The zero-order chi connectivity index (χ0) is 27.3. The fourth-order valence-corrected chi connectivity index (χ4v) is 5.21. The summed E-state index contributed by atoms with van der Waals surface area (Å²) >= 11 is 6.28. The normalized spacial score (nSPS) is 15.4. The summed E-state index contributed by atoms with van der Waals surface area (Å²) in [4.78, 5) is 24.9. The number of hydrogen-bond acceptors (Lipinski definition) is 6. The first kappa shape index (κ1) is 29.7. The standard InChI is InChI=1S/C29H40ClN3O5/c1-31-19-25(14-20-8-5-4-6-9-20)33-28(34)23-15-22(17-26(18-23)36-2)27(21-10-7-11-24(30)16-21)38-13-12-32-29(35)37-3/h7,10-11,15-18,20,25,27,31H,4-6,8-9,12-14,19H2,1-3H3,(H,32,35)(H,33,34)/t25-,27-/m0/s1. The maximum Gasteiger partial charge on any atom is 0.406 e. The Morgan fingerprint density at radius 3 is 2.53 bits per heavy atom. The molecule has 0 bridgehead atoms. The second-order valence-corrected chi connectivity index (χ2v) is 10.1. The predicted molar refractivity (Wildman–Crippen MR) is 149 cm³/mol. The Kier molecular flexibility index (Phi) is 12.2. The van der Waals surface area contributed by atoms with Crippen molar-refractivity contribution < 1.29 is 23.8 Å². The van der Waals surface area contributed by atoms with Crippen LogP contribution in [0.15, 0.2) is 42.5 Å². The van der Waals surface area contributed by atoms with Crippen molar-refractivity contribution >= 4 is 23.6 Å². The third-order valence-corrected chi connectivity index (χ3v) is 7.09. The van der Waals surface area contributed by atoms with E-state index >= 15 is 0 Å². The Labute approximate surface area is 230 Å². The van der Waals surface area contributed by atoms with Crippen molar-refractivity contribution in [3.8, 4) is 5.75 Å². The molecule has 1 aliphatic carbocycles. The van der Waals surface area contributed by atoms with Crippen LogP contribution in [0.4, 0.5) is 4.79 Å². The molecular formula is C29H40ClN3O5. The van der Waals surface area contributed by atoms with E-state index in [0.29, 0.717) is 28.8 Å². The molecule has 208 valence electrons. The lowest BCUT2D eigenvalue weighted by molar-refractivity contribution is 0.0802. The van der Waals surface area contributed by atoms with Crippen molar-refractivity contribution in [2.75, 3.05) is 41.0 Å². The zero-order valence-electron chi connectivity index (χ0n) is 22.6. The number of nitrogens with one attached hydrogen (secondary N) is 3. The first-order valence-corrected chi connectivity index (χ1v) is 13.6. The lowest BCUT2D eigenvalue weighted by atomic mass is 9.84. The van der Waals surface area contributed by atoms with Gasteiger partial charge in [-0.05, 0) is 60.8 Å². The number of carbonyl (C=O) groups excluding carboxylic acids is 2. The van der Waals surface area contributed by atoms with Crippen molar-refractivity contribution in [1.82, 2.24) is 16.0 Å². The molecule has 0 unspecified atom stereocenters. The maximum absolute atomic E-state index is 13.5. The van der Waals surface area contributed by atoms with Crippen molar-refractivity contribution in [3.05, 3.63) is 64.2 Å². The second kappa shape index (κ2) is 15.6. The van der Waals surface area contributed by atoms with E-state index in [4.69, 9.17) is 21.1 Å². The lowest BCUT2D eigenvalue weighted by Crippen LogP contribution is -2.42. The van der Waals surface area contributed by atoms with Crippen LogP contribution < -0.4 is 20.7 Å². The molecule has 0 spiro atoms. The number of ether oxygens (including phenoxy) is 3. The minimum Gasteiger partial charge on any atom is -0.497 e. The van der Waals surface area contributed by atoms with Gasteiger partial charge in [0.25, 0.3) is 5.91 Å². The molecular weight excluding hydrogens is 506 g/mol. The number of amides is 2. The average Bonchev–Trinajstić information content (AvgIpc) is 2.93. The molecule has 0 heterocycles. The van der Waals surface area contributed by atoms with Crippen LogP contribution in [0.2, 0.25) is 5.02 Å². The van der Waals surface area contributed by atoms with Gasteiger partial charge in [0, 0.05) is 29.7 Å². The third-order valence-electron chi connectivity index (χ3n) is 6.85. The van der Waals surface area contributed by atoms with Crippen LogP contribution in [0, 0.1) is 5.92 Å². The van der Waals surface area contributed by atoms with Gasteiger partial charge in [0.15, 0.2) is 0 Å². The first-order valence-electron chi connectivity index (χ1n) is 13.3. The highest BCUT2D eigenvalue weighted by Gasteiger charge is 2.23. The number of likely N-dealkylation sites (N-methyl/N-ethyl adjacent to an activating group) is 1. The molecule has 0 saturated heterocycles. The Hall–Kier alpha value is -2.81. The van der Waals surface area contributed by atoms with E-state index in [0.717, 1.165) is 17.5 Å². The van der Waals surface area contributed by atoms with Gasteiger partial charge in [-0.15, -0.1) is 0 Å². The molecule has 38 heavy (non-hydrogen) atoms. The van der Waals surface area contributed by atoms with Gasteiger partial charge in [-0.3, -0.25) is 4.79 Å². The summed E-state index contributed by atoms with van der Waals surface area (Å²) in [6, 6.07) is 12.8. The van der Waals surface area contributed by atoms with E-state index in [-0.39, 0.29) is 25.1 Å². The number of rotatable bonds is 13. The summed E-state index contributed by atoms with van der Waals surface area (Å²) in [5.41, 5.74) is 2.06. The highest BCUT2D eigenvalue weighted by Crippen LogP contribution is 2.32. The summed E-state index contributed by atoms with van der Waals surface area (Å²) in [7, 11) is 4.79. The molecule has 3 rings (SSSR count). The van der Waals surface area contributed by atoms with Crippen molar-refractivity contribution in [2.45, 2.75) is 50.7 Å². The zero-order valence-corrected chi connectivity index (χ0v) is 23.3. The fraction of sp³-hybridized carbons (Fsp3) is 0.517. The molecule has 9 heteroatoms. The minimum absolute atomic E-state index is 0.0367. The van der Waals surface area contributed by atoms with Crippen LogP contribution in [-0.4, -0.2) is 59.0 Å². The fourth-order valence-electron chi connectivity index (χ4n) is 5.01. The first-order chi connectivity index (χ1) is 18.4. The summed E-state index contributed by atoms with van der Waals surface area (Å²) in [6.07, 6.45) is 6.19. The summed E-state index contributed by atoms with van der Waals surface area (Å²) in [5, 5.41) is 9.65. The van der Waals surface area contributed by atoms with Gasteiger partial charge in [0.2, 0.25) is 0 Å². The molecule has 1 fully saturated rings. The molecule has 1 aliphatic rings. The Morgan fingerprint density at radius 2 is 1.84 bits per heavy atom. The number of methoxy groups -OCH3 is 2. The van der Waals surface area contributed by atoms with E-state index in [2.05, 4.69) is 20.7 Å². The van der Waals surface area contributed by atoms with Crippen LogP contribution in [0.1, 0.15) is 66.1 Å².